The first-order valence-electron chi connectivity index (χ1n) is 5.48. The van der Waals surface area contributed by atoms with E-state index in [-0.39, 0.29) is 6.17 Å². The van der Waals surface area contributed by atoms with Gasteiger partial charge in [-0.2, -0.15) is 0 Å². The second-order valence-electron chi connectivity index (χ2n) is 4.87. The van der Waals surface area contributed by atoms with Gasteiger partial charge < -0.3 is 5.11 Å². The van der Waals surface area contributed by atoms with Gasteiger partial charge >= 0.3 is 26.5 Å². The van der Waals surface area contributed by atoms with Gasteiger partial charge in [0.2, 0.25) is 5.85 Å². The summed E-state index contributed by atoms with van der Waals surface area (Å²) in [6, 6.07) is 0. The fraction of sp³-hybridized carbons (Fsp3) is 1.00. The summed E-state index contributed by atoms with van der Waals surface area (Å²) in [7, 11) is 15.3. The van der Waals surface area contributed by atoms with Crippen LogP contribution in [0.2, 0.25) is 0 Å². The molecular formula is C10H27N4O3Ti. The van der Waals surface area contributed by atoms with Crippen molar-refractivity contribution in [1.82, 2.24) is 19.6 Å². The van der Waals surface area contributed by atoms with Crippen molar-refractivity contribution in [1.29, 1.82) is 0 Å². The molecule has 0 aliphatic carbocycles. The predicted molar refractivity (Wildman–Crippen MR) is 66.4 cm³/mol. The zero-order valence-corrected chi connectivity index (χ0v) is 14.2. The van der Waals surface area contributed by atoms with E-state index in [2.05, 4.69) is 0 Å². The molecule has 0 aromatic rings. The number of nitrogens with zero attached hydrogens (tertiary/aromatic N) is 4. The molecule has 8 heteroatoms. The molecule has 2 N–H and O–H groups in total. The fourth-order valence-corrected chi connectivity index (χ4v) is 2.02. The maximum atomic E-state index is 10.7. The number of rotatable bonds is 5. The number of hydrogen-bond donors (Lipinski definition) is 2. The predicted octanol–water partition coefficient (Wildman–Crippen LogP) is -1.47. The molecule has 0 aliphatic rings. The fourth-order valence-electron chi connectivity index (χ4n) is 2.02. The Morgan fingerprint density at radius 3 is 1.17 bits per heavy atom. The molecular weight excluding hydrogens is 272 g/mol. The molecule has 0 spiro atoms. The van der Waals surface area contributed by atoms with Crippen LogP contribution in [0.5, 0.6) is 0 Å². The van der Waals surface area contributed by atoms with Crippen molar-refractivity contribution in [3.05, 3.63) is 0 Å². The quantitative estimate of drug-likeness (QED) is 0.474. The van der Waals surface area contributed by atoms with Gasteiger partial charge in [-0.1, -0.05) is 0 Å². The zero-order valence-electron chi connectivity index (χ0n) is 12.7. The second kappa shape index (κ2) is 9.22. The summed E-state index contributed by atoms with van der Waals surface area (Å²) in [6.07, 6.45) is -0.109. The van der Waals surface area contributed by atoms with E-state index in [0.717, 1.165) is 0 Å². The van der Waals surface area contributed by atoms with Crippen molar-refractivity contribution in [3.8, 4) is 0 Å². The molecule has 0 aromatic heterocycles. The molecule has 0 bridgehead atoms. The van der Waals surface area contributed by atoms with Gasteiger partial charge in [-0.05, 0) is 56.4 Å². The van der Waals surface area contributed by atoms with Crippen molar-refractivity contribution in [3.63, 3.8) is 0 Å². The Hall–Kier alpha value is 0.274. The summed E-state index contributed by atoms with van der Waals surface area (Å²) in [6.45, 7) is 0. The van der Waals surface area contributed by atoms with Crippen LogP contribution in [-0.4, -0.2) is 96.8 Å². The second-order valence-corrected chi connectivity index (χ2v) is 5.15. The van der Waals surface area contributed by atoms with Crippen LogP contribution in [0.3, 0.4) is 0 Å². The van der Waals surface area contributed by atoms with Crippen LogP contribution >= 0.6 is 0 Å². The van der Waals surface area contributed by atoms with E-state index in [9.17, 15) is 5.11 Å². The van der Waals surface area contributed by atoms with E-state index >= 15 is 0 Å². The molecule has 109 valence electrons. The van der Waals surface area contributed by atoms with Crippen molar-refractivity contribution in [2.24, 2.45) is 0 Å². The van der Waals surface area contributed by atoms with Gasteiger partial charge in [-0.25, -0.2) is 0 Å². The first-order chi connectivity index (χ1) is 8.07. The molecule has 0 saturated carbocycles. The van der Waals surface area contributed by atoms with Gasteiger partial charge in [-0.15, -0.1) is 0 Å². The molecule has 0 aromatic carbocycles. The number of likely N-dealkylation sites (N-methyl/N-ethyl adjacent to an activating group) is 4. The van der Waals surface area contributed by atoms with Crippen LogP contribution in [0.4, 0.5) is 0 Å². The Labute approximate surface area is 120 Å². The molecule has 18 heavy (non-hydrogen) atoms. The van der Waals surface area contributed by atoms with E-state index in [0.29, 0.717) is 0 Å². The van der Waals surface area contributed by atoms with Crippen molar-refractivity contribution < 1.29 is 31.6 Å². The number of hydrogen-bond acceptors (Lipinski definition) is 6. The molecule has 0 saturated heterocycles. The Morgan fingerprint density at radius 1 is 0.889 bits per heavy atom. The zero-order chi connectivity index (χ0) is 15.1. The maximum absolute atomic E-state index is 10.7. The summed E-state index contributed by atoms with van der Waals surface area (Å²) in [5, 5.41) is 10.7. The Bertz CT molecular complexity index is 221. The van der Waals surface area contributed by atoms with E-state index in [1.54, 1.807) is 0 Å². The van der Waals surface area contributed by atoms with Crippen LogP contribution in [0.15, 0.2) is 0 Å². The molecule has 0 rings (SSSR count). The molecule has 0 aliphatic heterocycles. The van der Waals surface area contributed by atoms with Gasteiger partial charge in [0.05, 0.1) is 0 Å². The van der Waals surface area contributed by atoms with Crippen LogP contribution in [0.25, 0.3) is 0 Å². The Morgan fingerprint density at radius 2 is 1.11 bits per heavy atom. The minimum absolute atomic E-state index is 0.109. The molecule has 0 unspecified atom stereocenters. The van der Waals surface area contributed by atoms with Crippen molar-refractivity contribution in [2.45, 2.75) is 12.0 Å². The molecule has 0 atom stereocenters. The SMILES string of the molecule is CN(C)C(N(C)C)C(O)(N(C)C)N(C)C.[O]=[Ti][OH]. The average Bonchev–Trinajstić information content (AvgIpc) is 2.16. The molecule has 0 amide bonds. The normalized spacial score (nSPS) is 12.2. The van der Waals surface area contributed by atoms with Crippen LogP contribution < -0.4 is 0 Å². The van der Waals surface area contributed by atoms with Gasteiger partial charge in [-0.3, -0.25) is 19.6 Å². The van der Waals surface area contributed by atoms with Crippen LogP contribution in [0, 0.1) is 0 Å². The minimum atomic E-state index is -1.75. The summed E-state index contributed by atoms with van der Waals surface area (Å²) in [5.41, 5.74) is 0. The molecule has 7 nitrogen and oxygen atoms in total. The standard InChI is InChI=1S/C10H26N4O.H2O.O.Ti/c1-11(2)9(12(3)4)10(15,13(5)6)14(7)8;;;/h9,15H,1-8H3;1H2;;/q;;;+1/p-1. The third kappa shape index (κ3) is 5.50. The summed E-state index contributed by atoms with van der Waals surface area (Å²) >= 11 is -1.75. The first kappa shape index (κ1) is 20.6. The topological polar surface area (TPSA) is 70.5 Å². The average molecular weight is 299 g/mol. The van der Waals surface area contributed by atoms with E-state index in [1.807, 2.05) is 76.0 Å². The third-order valence-corrected chi connectivity index (χ3v) is 2.64. The monoisotopic (exact) mass is 299 g/mol. The number of aliphatic hydroxyl groups is 1. The van der Waals surface area contributed by atoms with Crippen LogP contribution in [-0.2, 0) is 22.8 Å². The van der Waals surface area contributed by atoms with Gasteiger partial charge in [0.25, 0.3) is 0 Å². The third-order valence-electron chi connectivity index (χ3n) is 2.64. The summed E-state index contributed by atoms with van der Waals surface area (Å²) < 4.78 is 15.8. The Kier molecular flexibility index (Phi) is 10.5. The summed E-state index contributed by atoms with van der Waals surface area (Å²) in [4.78, 5) is 7.63. The molecule has 0 heterocycles. The van der Waals surface area contributed by atoms with Crippen molar-refractivity contribution >= 4 is 0 Å². The van der Waals surface area contributed by atoms with Gasteiger partial charge in [0.15, 0.2) is 0 Å². The summed E-state index contributed by atoms with van der Waals surface area (Å²) in [5.74, 6) is -1.02. The van der Waals surface area contributed by atoms with Gasteiger partial charge in [0, 0.05) is 0 Å². The van der Waals surface area contributed by atoms with E-state index in [4.69, 9.17) is 7.01 Å². The molecule has 0 radical (unpaired) electrons. The molecule has 0 fully saturated rings. The van der Waals surface area contributed by atoms with Gasteiger partial charge in [0.1, 0.15) is 6.17 Å². The van der Waals surface area contributed by atoms with Crippen LogP contribution in [0.1, 0.15) is 0 Å². The first-order valence-corrected chi connectivity index (χ1v) is 6.82. The van der Waals surface area contributed by atoms with E-state index < -0.39 is 25.4 Å². The van der Waals surface area contributed by atoms with E-state index in [1.165, 1.54) is 0 Å². The van der Waals surface area contributed by atoms with Crippen molar-refractivity contribution in [2.75, 3.05) is 56.4 Å². The Balaban J connectivity index is 0.